The van der Waals surface area contributed by atoms with Crippen LogP contribution in [0.3, 0.4) is 0 Å². The first-order chi connectivity index (χ1) is 11.7. The molecule has 1 aliphatic rings. The second-order valence-electron chi connectivity index (χ2n) is 6.55. The first-order valence-corrected chi connectivity index (χ1v) is 9.82. The van der Waals surface area contributed by atoms with Gasteiger partial charge >= 0.3 is 0 Å². The Balaban J connectivity index is 1.92. The highest BCUT2D eigenvalue weighted by Gasteiger charge is 2.23. The van der Waals surface area contributed by atoms with Gasteiger partial charge in [0.1, 0.15) is 0 Å². The number of nitrogens with zero attached hydrogens (tertiary/aromatic N) is 1. The van der Waals surface area contributed by atoms with Gasteiger partial charge in [0.05, 0.1) is 0 Å². The fraction of sp³-hybridized carbons (Fsp3) is 0.364. The van der Waals surface area contributed by atoms with Crippen molar-refractivity contribution >= 4 is 17.5 Å². The van der Waals surface area contributed by atoms with Gasteiger partial charge in [-0.1, -0.05) is 63.4 Å². The fourth-order valence-electron chi connectivity index (χ4n) is 3.48. The van der Waals surface area contributed by atoms with E-state index in [-0.39, 0.29) is 0 Å². The lowest BCUT2D eigenvalue weighted by Crippen LogP contribution is -2.23. The van der Waals surface area contributed by atoms with E-state index in [0.29, 0.717) is 5.92 Å². The van der Waals surface area contributed by atoms with E-state index in [9.17, 15) is 0 Å². The summed E-state index contributed by atoms with van der Waals surface area (Å²) < 4.78 is 0. The maximum atomic E-state index is 4.40. The second kappa shape index (κ2) is 7.48. The predicted octanol–water partition coefficient (Wildman–Crippen LogP) is 6.40. The third-order valence-corrected chi connectivity index (χ3v) is 5.97. The lowest BCUT2D eigenvalue weighted by molar-refractivity contribution is 0.397. The van der Waals surface area contributed by atoms with Gasteiger partial charge in [-0.25, -0.2) is 0 Å². The minimum atomic E-state index is 0.441. The number of rotatable bonds is 6. The van der Waals surface area contributed by atoms with Gasteiger partial charge in [-0.05, 0) is 47.7 Å². The normalized spacial score (nSPS) is 15.5. The van der Waals surface area contributed by atoms with Crippen LogP contribution < -0.4 is 0 Å². The molecule has 0 fully saturated rings. The molecule has 1 heterocycles. The Morgan fingerprint density at radius 2 is 1.67 bits per heavy atom. The van der Waals surface area contributed by atoms with Crippen molar-refractivity contribution in [3.05, 3.63) is 65.7 Å². The van der Waals surface area contributed by atoms with E-state index in [4.69, 9.17) is 0 Å². The molecule has 0 spiro atoms. The van der Waals surface area contributed by atoms with Gasteiger partial charge in [-0.15, -0.1) is 0 Å². The zero-order valence-corrected chi connectivity index (χ0v) is 15.8. The summed E-state index contributed by atoms with van der Waals surface area (Å²) in [6, 6.07) is 15.7. The molecule has 1 atom stereocenters. The van der Waals surface area contributed by atoms with Crippen molar-refractivity contribution in [1.29, 1.82) is 0 Å². The quantitative estimate of drug-likeness (QED) is 0.600. The van der Waals surface area contributed by atoms with Gasteiger partial charge < -0.3 is 4.90 Å². The average Bonchev–Trinajstić information content (AvgIpc) is 2.61. The van der Waals surface area contributed by atoms with Gasteiger partial charge in [0.2, 0.25) is 0 Å². The van der Waals surface area contributed by atoms with Crippen LogP contribution in [0, 0.1) is 0 Å². The summed E-state index contributed by atoms with van der Waals surface area (Å²) in [5.74, 6) is 0.441. The number of hydrogen-bond acceptors (Lipinski definition) is 2. The minimum absolute atomic E-state index is 0.441. The van der Waals surface area contributed by atoms with Gasteiger partial charge in [0.15, 0.2) is 0 Å². The highest BCUT2D eigenvalue weighted by molar-refractivity contribution is 7.99. The van der Waals surface area contributed by atoms with Gasteiger partial charge in [-0.2, -0.15) is 0 Å². The molecule has 0 bridgehead atoms. The SMILES string of the molecule is C=C(c1ccc2c(c1)C(C)c1ccccc1S2)N(CCC)CCC. The molecule has 0 radical (unpaired) electrons. The molecule has 0 aromatic heterocycles. The van der Waals surface area contributed by atoms with Crippen LogP contribution >= 0.6 is 11.8 Å². The molecule has 0 saturated heterocycles. The van der Waals surface area contributed by atoms with Crippen molar-refractivity contribution in [2.24, 2.45) is 0 Å². The summed E-state index contributed by atoms with van der Waals surface area (Å²) in [7, 11) is 0. The molecule has 2 aromatic carbocycles. The maximum absolute atomic E-state index is 4.40. The molecule has 3 rings (SSSR count). The van der Waals surface area contributed by atoms with E-state index in [1.807, 2.05) is 11.8 Å². The van der Waals surface area contributed by atoms with Crippen molar-refractivity contribution in [3.8, 4) is 0 Å². The Bertz CT molecular complexity index is 728. The Morgan fingerprint density at radius 3 is 2.38 bits per heavy atom. The Hall–Kier alpha value is -1.67. The molecule has 0 saturated carbocycles. The molecular weight excluding hydrogens is 310 g/mol. The first-order valence-electron chi connectivity index (χ1n) is 9.00. The van der Waals surface area contributed by atoms with E-state index >= 15 is 0 Å². The summed E-state index contributed by atoms with van der Waals surface area (Å²) in [5, 5.41) is 0. The van der Waals surface area contributed by atoms with Crippen LogP contribution in [0.15, 0.2) is 58.8 Å². The maximum Gasteiger partial charge on any atom is 0.0366 e. The Morgan fingerprint density at radius 1 is 1.00 bits per heavy atom. The van der Waals surface area contributed by atoms with E-state index in [1.165, 1.54) is 26.5 Å². The van der Waals surface area contributed by atoms with Crippen LogP contribution in [0.4, 0.5) is 0 Å². The summed E-state index contributed by atoms with van der Waals surface area (Å²) in [6.07, 6.45) is 2.31. The largest absolute Gasteiger partial charge is 0.372 e. The van der Waals surface area contributed by atoms with Crippen LogP contribution in [0.25, 0.3) is 5.70 Å². The van der Waals surface area contributed by atoms with Crippen molar-refractivity contribution < 1.29 is 0 Å². The highest BCUT2D eigenvalue weighted by atomic mass is 32.2. The van der Waals surface area contributed by atoms with Crippen molar-refractivity contribution in [1.82, 2.24) is 4.90 Å². The summed E-state index contributed by atoms with van der Waals surface area (Å²) >= 11 is 1.89. The molecule has 1 aliphatic heterocycles. The van der Waals surface area contributed by atoms with Crippen LogP contribution in [-0.4, -0.2) is 18.0 Å². The van der Waals surface area contributed by atoms with E-state index in [2.05, 4.69) is 74.7 Å². The van der Waals surface area contributed by atoms with Gasteiger partial charge in [-0.3, -0.25) is 0 Å². The predicted molar refractivity (Wildman–Crippen MR) is 106 cm³/mol. The molecule has 0 N–H and O–H groups in total. The number of hydrogen-bond donors (Lipinski definition) is 0. The van der Waals surface area contributed by atoms with Crippen LogP contribution in [0.5, 0.6) is 0 Å². The fourth-order valence-corrected chi connectivity index (χ4v) is 4.72. The van der Waals surface area contributed by atoms with E-state index in [0.717, 1.165) is 31.6 Å². The number of benzene rings is 2. The molecular formula is C22H27NS. The molecule has 2 heteroatoms. The van der Waals surface area contributed by atoms with Gasteiger partial charge in [0.25, 0.3) is 0 Å². The molecule has 1 nitrogen and oxygen atoms in total. The smallest absolute Gasteiger partial charge is 0.0366 e. The Labute approximate surface area is 150 Å². The number of fused-ring (bicyclic) bond motifs is 2. The third kappa shape index (κ3) is 3.25. The van der Waals surface area contributed by atoms with Crippen molar-refractivity contribution in [2.45, 2.75) is 49.3 Å². The first kappa shape index (κ1) is 17.2. The highest BCUT2D eigenvalue weighted by Crippen LogP contribution is 2.46. The lowest BCUT2D eigenvalue weighted by Gasteiger charge is -2.29. The summed E-state index contributed by atoms with van der Waals surface area (Å²) in [6.45, 7) is 13.3. The van der Waals surface area contributed by atoms with Crippen LogP contribution in [0.2, 0.25) is 0 Å². The Kier molecular flexibility index (Phi) is 5.35. The molecule has 24 heavy (non-hydrogen) atoms. The zero-order chi connectivity index (χ0) is 17.1. The van der Waals surface area contributed by atoms with Crippen molar-refractivity contribution in [3.63, 3.8) is 0 Å². The van der Waals surface area contributed by atoms with E-state index in [1.54, 1.807) is 0 Å². The summed E-state index contributed by atoms with van der Waals surface area (Å²) in [5.41, 5.74) is 5.31. The van der Waals surface area contributed by atoms with Crippen LogP contribution in [0.1, 0.15) is 56.2 Å². The standard InChI is InChI=1S/C22H27NS/c1-5-13-23(14-6-2)17(4)18-11-12-22-20(15-18)16(3)19-9-7-8-10-21(19)24-22/h7-12,15-16H,4-6,13-14H2,1-3H3. The molecule has 1 unspecified atom stereocenters. The monoisotopic (exact) mass is 337 g/mol. The zero-order valence-electron chi connectivity index (χ0n) is 15.0. The lowest BCUT2D eigenvalue weighted by atomic mass is 9.91. The van der Waals surface area contributed by atoms with Crippen LogP contribution in [-0.2, 0) is 0 Å². The minimum Gasteiger partial charge on any atom is -0.372 e. The van der Waals surface area contributed by atoms with Crippen molar-refractivity contribution in [2.75, 3.05) is 13.1 Å². The van der Waals surface area contributed by atoms with E-state index < -0.39 is 0 Å². The molecule has 0 amide bonds. The third-order valence-electron chi connectivity index (χ3n) is 4.78. The molecule has 2 aromatic rings. The average molecular weight is 338 g/mol. The summed E-state index contributed by atoms with van der Waals surface area (Å²) in [4.78, 5) is 5.20. The topological polar surface area (TPSA) is 3.24 Å². The van der Waals surface area contributed by atoms with Gasteiger partial charge in [0, 0.05) is 34.5 Å². The molecule has 126 valence electrons. The molecule has 0 aliphatic carbocycles. The second-order valence-corrected chi connectivity index (χ2v) is 7.63.